The average Bonchev–Trinajstić information content (AvgIpc) is 3.46. The molecule has 2 aromatic carbocycles. The van der Waals surface area contributed by atoms with Crippen LogP contribution in [0.3, 0.4) is 0 Å². The highest BCUT2D eigenvalue weighted by Gasteiger charge is 2.27. The minimum Gasteiger partial charge on any atom is -0.495 e. The van der Waals surface area contributed by atoms with Gasteiger partial charge < -0.3 is 13.9 Å². The summed E-state index contributed by atoms with van der Waals surface area (Å²) in [4.78, 5) is 4.26. The maximum Gasteiger partial charge on any atom is 0.194 e. The summed E-state index contributed by atoms with van der Waals surface area (Å²) in [6.07, 6.45) is 8.85. The Balaban J connectivity index is 1.43. The van der Waals surface area contributed by atoms with Crippen LogP contribution in [0.25, 0.3) is 17.8 Å². The number of aryl methyl sites for hydroxylation is 1. The molecule has 0 amide bonds. The molecule has 3 heterocycles. The standard InChI is InChI=1S/C25H22F3N5O/c1-15-13-32(14-29-15)21-7-5-16(10-22(21)34-2)6-8-23-30-31-25-18(4-3-9-33(23)25)17-11-19(26)24(28)20(27)12-17/h5-8,10-14,18H,3-4,9H2,1-2H3/b8-6+/t18-/m1/s1. The molecule has 1 atom stereocenters. The van der Waals surface area contributed by atoms with E-state index >= 15 is 0 Å². The summed E-state index contributed by atoms with van der Waals surface area (Å²) >= 11 is 0. The number of imidazole rings is 1. The summed E-state index contributed by atoms with van der Waals surface area (Å²) in [7, 11) is 1.62. The number of fused-ring (bicyclic) bond motifs is 1. The third-order valence-corrected chi connectivity index (χ3v) is 6.02. The normalized spacial score (nSPS) is 15.6. The van der Waals surface area contributed by atoms with Gasteiger partial charge in [0, 0.05) is 18.7 Å². The molecule has 0 aliphatic carbocycles. The number of ether oxygens (including phenoxy) is 1. The highest BCUT2D eigenvalue weighted by atomic mass is 19.2. The smallest absolute Gasteiger partial charge is 0.194 e. The molecule has 0 N–H and O–H groups in total. The number of rotatable bonds is 5. The Morgan fingerprint density at radius 3 is 2.56 bits per heavy atom. The second-order valence-electron chi connectivity index (χ2n) is 8.25. The van der Waals surface area contributed by atoms with Crippen LogP contribution in [-0.4, -0.2) is 31.4 Å². The molecular weight excluding hydrogens is 443 g/mol. The van der Waals surface area contributed by atoms with Gasteiger partial charge in [0.15, 0.2) is 23.3 Å². The van der Waals surface area contributed by atoms with Gasteiger partial charge in [-0.3, -0.25) is 0 Å². The van der Waals surface area contributed by atoms with Gasteiger partial charge >= 0.3 is 0 Å². The molecule has 1 aliphatic rings. The Morgan fingerprint density at radius 2 is 1.85 bits per heavy atom. The van der Waals surface area contributed by atoms with E-state index in [1.807, 2.05) is 52.6 Å². The quantitative estimate of drug-likeness (QED) is 0.376. The van der Waals surface area contributed by atoms with Gasteiger partial charge in [-0.15, -0.1) is 10.2 Å². The number of methoxy groups -OCH3 is 1. The van der Waals surface area contributed by atoms with Crippen molar-refractivity contribution < 1.29 is 17.9 Å². The van der Waals surface area contributed by atoms with Crippen molar-refractivity contribution in [2.75, 3.05) is 7.11 Å². The van der Waals surface area contributed by atoms with Crippen LogP contribution in [0.2, 0.25) is 0 Å². The molecule has 0 fully saturated rings. The van der Waals surface area contributed by atoms with Crippen LogP contribution < -0.4 is 4.74 Å². The van der Waals surface area contributed by atoms with Gasteiger partial charge in [-0.2, -0.15) is 0 Å². The number of hydrogen-bond donors (Lipinski definition) is 0. The van der Waals surface area contributed by atoms with Gasteiger partial charge in [0.1, 0.15) is 11.6 Å². The lowest BCUT2D eigenvalue weighted by molar-refractivity contribution is 0.413. The van der Waals surface area contributed by atoms with Crippen molar-refractivity contribution in [1.82, 2.24) is 24.3 Å². The van der Waals surface area contributed by atoms with E-state index in [9.17, 15) is 13.2 Å². The molecule has 9 heteroatoms. The van der Waals surface area contributed by atoms with Crippen molar-refractivity contribution in [3.05, 3.63) is 88.8 Å². The first-order chi connectivity index (χ1) is 16.4. The molecule has 0 spiro atoms. The fourth-order valence-corrected chi connectivity index (χ4v) is 4.35. The van der Waals surface area contributed by atoms with E-state index in [0.29, 0.717) is 35.9 Å². The first kappa shape index (κ1) is 21.9. The first-order valence-corrected chi connectivity index (χ1v) is 10.9. The molecule has 0 unspecified atom stereocenters. The lowest BCUT2D eigenvalue weighted by Gasteiger charge is -2.23. The van der Waals surface area contributed by atoms with Crippen LogP contribution in [0, 0.1) is 24.4 Å². The van der Waals surface area contributed by atoms with Crippen LogP contribution >= 0.6 is 0 Å². The lowest BCUT2D eigenvalue weighted by Crippen LogP contribution is -2.18. The Labute approximate surface area is 194 Å². The number of halogens is 3. The summed E-state index contributed by atoms with van der Waals surface area (Å²) in [5, 5.41) is 8.57. The summed E-state index contributed by atoms with van der Waals surface area (Å²) in [5.41, 5.74) is 3.05. The molecule has 5 rings (SSSR count). The SMILES string of the molecule is COc1cc(/C=C/c2nnc3n2CCC[C@@H]3c2cc(F)c(F)c(F)c2)ccc1-n1cnc(C)c1. The van der Waals surface area contributed by atoms with Gasteiger partial charge in [0.05, 0.1) is 24.8 Å². The number of benzene rings is 2. The summed E-state index contributed by atoms with van der Waals surface area (Å²) in [6, 6.07) is 7.91. The van der Waals surface area contributed by atoms with E-state index in [1.165, 1.54) is 0 Å². The topological polar surface area (TPSA) is 57.8 Å². The second kappa shape index (κ2) is 8.81. The zero-order valence-corrected chi connectivity index (χ0v) is 18.7. The zero-order valence-electron chi connectivity index (χ0n) is 18.7. The third kappa shape index (κ3) is 3.98. The minimum absolute atomic E-state index is 0.356. The van der Waals surface area contributed by atoms with E-state index < -0.39 is 17.5 Å². The number of aromatic nitrogens is 5. The fourth-order valence-electron chi connectivity index (χ4n) is 4.35. The summed E-state index contributed by atoms with van der Waals surface area (Å²) in [6.45, 7) is 2.61. The van der Waals surface area contributed by atoms with Crippen LogP contribution in [0.1, 0.15) is 47.2 Å². The lowest BCUT2D eigenvalue weighted by atomic mass is 9.90. The van der Waals surface area contributed by atoms with Crippen molar-refractivity contribution in [2.24, 2.45) is 0 Å². The van der Waals surface area contributed by atoms with Crippen molar-refractivity contribution in [2.45, 2.75) is 32.2 Å². The van der Waals surface area contributed by atoms with Crippen LogP contribution in [0.15, 0.2) is 42.9 Å². The van der Waals surface area contributed by atoms with Gasteiger partial charge in [0.25, 0.3) is 0 Å². The molecule has 0 radical (unpaired) electrons. The molecule has 0 saturated heterocycles. The van der Waals surface area contributed by atoms with Gasteiger partial charge in [-0.05, 0) is 61.2 Å². The Morgan fingerprint density at radius 1 is 1.06 bits per heavy atom. The molecule has 6 nitrogen and oxygen atoms in total. The highest BCUT2D eigenvalue weighted by Crippen LogP contribution is 2.34. The Hall–Kier alpha value is -3.88. The van der Waals surface area contributed by atoms with E-state index in [0.717, 1.165) is 35.5 Å². The number of hydrogen-bond acceptors (Lipinski definition) is 4. The van der Waals surface area contributed by atoms with E-state index in [4.69, 9.17) is 4.74 Å². The molecule has 1 aliphatic heterocycles. The molecule has 2 aromatic heterocycles. The Bertz CT molecular complexity index is 1370. The largest absolute Gasteiger partial charge is 0.495 e. The molecule has 4 aromatic rings. The average molecular weight is 465 g/mol. The van der Waals surface area contributed by atoms with Crippen LogP contribution in [-0.2, 0) is 6.54 Å². The summed E-state index contributed by atoms with van der Waals surface area (Å²) in [5.74, 6) is -2.27. The van der Waals surface area contributed by atoms with E-state index in [-0.39, 0.29) is 5.92 Å². The van der Waals surface area contributed by atoms with Crippen molar-refractivity contribution in [3.8, 4) is 11.4 Å². The predicted octanol–water partition coefficient (Wildman–Crippen LogP) is 5.29. The Kier molecular flexibility index (Phi) is 5.69. The first-order valence-electron chi connectivity index (χ1n) is 10.9. The minimum atomic E-state index is -1.46. The molecule has 174 valence electrons. The highest BCUT2D eigenvalue weighted by molar-refractivity contribution is 5.69. The maximum absolute atomic E-state index is 13.8. The van der Waals surface area contributed by atoms with Gasteiger partial charge in [0.2, 0.25) is 0 Å². The molecular formula is C25H22F3N5O. The summed E-state index contributed by atoms with van der Waals surface area (Å²) < 4.78 is 50.4. The van der Waals surface area contributed by atoms with Crippen LogP contribution in [0.4, 0.5) is 13.2 Å². The zero-order chi connectivity index (χ0) is 23.8. The third-order valence-electron chi connectivity index (χ3n) is 6.02. The predicted molar refractivity (Wildman–Crippen MR) is 121 cm³/mol. The van der Waals surface area contributed by atoms with Gasteiger partial charge in [-0.1, -0.05) is 12.1 Å². The molecule has 0 bridgehead atoms. The fraction of sp³-hybridized carbons (Fsp3) is 0.240. The number of nitrogens with zero attached hydrogens (tertiary/aromatic N) is 5. The van der Waals surface area contributed by atoms with Crippen molar-refractivity contribution >= 4 is 12.2 Å². The van der Waals surface area contributed by atoms with Crippen molar-refractivity contribution in [1.29, 1.82) is 0 Å². The van der Waals surface area contributed by atoms with Gasteiger partial charge in [-0.25, -0.2) is 18.2 Å². The van der Waals surface area contributed by atoms with Crippen LogP contribution in [0.5, 0.6) is 5.75 Å². The molecule has 34 heavy (non-hydrogen) atoms. The van der Waals surface area contributed by atoms with E-state index in [1.54, 1.807) is 13.4 Å². The molecule has 0 saturated carbocycles. The van der Waals surface area contributed by atoms with Crippen molar-refractivity contribution in [3.63, 3.8) is 0 Å². The van der Waals surface area contributed by atoms with E-state index in [2.05, 4.69) is 15.2 Å². The monoisotopic (exact) mass is 465 g/mol. The second-order valence-corrected chi connectivity index (χ2v) is 8.25. The maximum atomic E-state index is 13.8.